The number of amides is 1. The Bertz CT molecular complexity index is 1710. The van der Waals surface area contributed by atoms with Gasteiger partial charge in [-0.25, -0.2) is 9.78 Å². The molecule has 0 saturated heterocycles. The molecule has 6 nitrogen and oxygen atoms in total. The largest absolute Gasteiger partial charge is 0.436 e. The fourth-order valence-electron chi connectivity index (χ4n) is 3.96. The summed E-state index contributed by atoms with van der Waals surface area (Å²) in [4.78, 5) is 29.7. The molecule has 35 heavy (non-hydrogen) atoms. The Morgan fingerprint density at radius 2 is 1.40 bits per heavy atom. The van der Waals surface area contributed by atoms with Gasteiger partial charge in [-0.2, -0.15) is 0 Å². The van der Waals surface area contributed by atoms with E-state index in [-0.39, 0.29) is 5.91 Å². The SMILES string of the molecule is O=C(Nc1ccc(-c2nc3ccccc3o2)cc1)c1ccc(-c2cc3ccccc3oc2=O)cc1. The third-order valence-corrected chi connectivity index (χ3v) is 5.78. The van der Waals surface area contributed by atoms with Crippen LogP contribution < -0.4 is 10.9 Å². The molecule has 0 fully saturated rings. The van der Waals surface area contributed by atoms with Gasteiger partial charge in [0.05, 0.1) is 5.56 Å². The van der Waals surface area contributed by atoms with Gasteiger partial charge in [-0.3, -0.25) is 4.79 Å². The number of carbonyl (C=O) groups is 1. The van der Waals surface area contributed by atoms with Crippen molar-refractivity contribution in [2.45, 2.75) is 0 Å². The average Bonchev–Trinajstić information content (AvgIpc) is 3.33. The maximum atomic E-state index is 12.8. The van der Waals surface area contributed by atoms with Crippen LogP contribution in [0.3, 0.4) is 0 Å². The Morgan fingerprint density at radius 1 is 0.714 bits per heavy atom. The number of para-hydroxylation sites is 3. The normalized spacial score (nSPS) is 11.1. The Kier molecular flexibility index (Phi) is 4.96. The molecule has 0 spiro atoms. The molecule has 4 aromatic carbocycles. The molecule has 0 atom stereocenters. The number of carbonyl (C=O) groups excluding carboxylic acids is 1. The highest BCUT2D eigenvalue weighted by molar-refractivity contribution is 6.04. The summed E-state index contributed by atoms with van der Waals surface area (Å²) in [5, 5.41) is 3.73. The van der Waals surface area contributed by atoms with E-state index < -0.39 is 5.63 Å². The molecular weight excluding hydrogens is 440 g/mol. The van der Waals surface area contributed by atoms with Crippen LogP contribution in [0.5, 0.6) is 0 Å². The van der Waals surface area contributed by atoms with Crippen LogP contribution in [-0.2, 0) is 0 Å². The molecular formula is C29H18N2O4. The third-order valence-electron chi connectivity index (χ3n) is 5.78. The van der Waals surface area contributed by atoms with E-state index in [9.17, 15) is 9.59 Å². The van der Waals surface area contributed by atoms with Gasteiger partial charge in [0.2, 0.25) is 5.89 Å². The molecule has 0 aliphatic heterocycles. The summed E-state index contributed by atoms with van der Waals surface area (Å²) in [5.74, 6) is 0.273. The molecule has 0 unspecified atom stereocenters. The monoisotopic (exact) mass is 458 g/mol. The standard InChI is InChI=1S/C29H18N2O4/c32-27(30-22-15-13-20(14-16-22)28-31-24-6-2-4-8-26(24)34-28)19-11-9-18(10-12-19)23-17-21-5-1-3-7-25(21)35-29(23)33/h1-17H,(H,30,32). The highest BCUT2D eigenvalue weighted by Gasteiger charge is 2.12. The maximum absolute atomic E-state index is 12.8. The first-order chi connectivity index (χ1) is 17.1. The molecule has 0 radical (unpaired) electrons. The van der Waals surface area contributed by atoms with Crippen molar-refractivity contribution in [3.05, 3.63) is 119 Å². The number of anilines is 1. The molecule has 0 bridgehead atoms. The first-order valence-electron chi connectivity index (χ1n) is 11.0. The van der Waals surface area contributed by atoms with Gasteiger partial charge in [0.15, 0.2) is 5.58 Å². The zero-order valence-electron chi connectivity index (χ0n) is 18.4. The minimum Gasteiger partial charge on any atom is -0.436 e. The van der Waals surface area contributed by atoms with Gasteiger partial charge in [0, 0.05) is 22.2 Å². The Labute approximate surface area is 199 Å². The van der Waals surface area contributed by atoms with Crippen LogP contribution in [0.2, 0.25) is 0 Å². The molecule has 0 saturated carbocycles. The zero-order valence-corrected chi connectivity index (χ0v) is 18.4. The predicted molar refractivity (Wildman–Crippen MR) is 135 cm³/mol. The summed E-state index contributed by atoms with van der Waals surface area (Å²) in [7, 11) is 0. The highest BCUT2D eigenvalue weighted by atomic mass is 16.4. The number of hydrogen-bond donors (Lipinski definition) is 1. The van der Waals surface area contributed by atoms with Gasteiger partial charge >= 0.3 is 5.63 Å². The summed E-state index contributed by atoms with van der Waals surface area (Å²) >= 11 is 0. The molecule has 0 aliphatic carbocycles. The van der Waals surface area contributed by atoms with E-state index in [1.165, 1.54) is 0 Å². The number of nitrogens with one attached hydrogen (secondary N) is 1. The average molecular weight is 458 g/mol. The predicted octanol–water partition coefficient (Wildman–Crippen LogP) is 6.52. The zero-order chi connectivity index (χ0) is 23.8. The van der Waals surface area contributed by atoms with E-state index >= 15 is 0 Å². The molecule has 0 aliphatic rings. The van der Waals surface area contributed by atoms with E-state index in [1.807, 2.05) is 54.6 Å². The van der Waals surface area contributed by atoms with Gasteiger partial charge in [0.1, 0.15) is 11.1 Å². The number of hydrogen-bond acceptors (Lipinski definition) is 5. The van der Waals surface area contributed by atoms with Crippen LogP contribution in [0.25, 0.3) is 44.7 Å². The van der Waals surface area contributed by atoms with Crippen LogP contribution in [0, 0.1) is 0 Å². The molecule has 168 valence electrons. The molecule has 1 amide bonds. The van der Waals surface area contributed by atoms with Crippen molar-refractivity contribution in [2.75, 3.05) is 5.32 Å². The van der Waals surface area contributed by atoms with Crippen LogP contribution in [0.15, 0.2) is 117 Å². The second-order valence-electron chi connectivity index (χ2n) is 8.08. The summed E-state index contributed by atoms with van der Waals surface area (Å²) in [6.45, 7) is 0. The number of benzene rings is 4. The quantitative estimate of drug-likeness (QED) is 0.304. The number of aromatic nitrogens is 1. The minimum atomic E-state index is -0.417. The Balaban J connectivity index is 1.19. The first-order valence-corrected chi connectivity index (χ1v) is 11.0. The third kappa shape index (κ3) is 3.98. The number of oxazole rings is 1. The fraction of sp³-hybridized carbons (Fsp3) is 0. The summed E-state index contributed by atoms with van der Waals surface area (Å²) in [5.41, 5.74) is 4.72. The lowest BCUT2D eigenvalue weighted by molar-refractivity contribution is 0.102. The summed E-state index contributed by atoms with van der Waals surface area (Å²) < 4.78 is 11.2. The minimum absolute atomic E-state index is 0.253. The molecule has 6 heteroatoms. The second-order valence-corrected chi connectivity index (χ2v) is 8.08. The van der Waals surface area contributed by atoms with Crippen LogP contribution in [-0.4, -0.2) is 10.9 Å². The van der Waals surface area contributed by atoms with Crippen LogP contribution >= 0.6 is 0 Å². The molecule has 6 rings (SSSR count). The summed E-state index contributed by atoms with van der Waals surface area (Å²) in [6.07, 6.45) is 0. The Morgan fingerprint density at radius 3 is 2.17 bits per heavy atom. The first kappa shape index (κ1) is 20.6. The number of rotatable bonds is 4. The van der Waals surface area contributed by atoms with Crippen molar-refractivity contribution >= 4 is 33.7 Å². The van der Waals surface area contributed by atoms with E-state index in [2.05, 4.69) is 10.3 Å². The van der Waals surface area contributed by atoms with Gasteiger partial charge in [-0.1, -0.05) is 42.5 Å². The van der Waals surface area contributed by atoms with Crippen molar-refractivity contribution in [1.82, 2.24) is 4.98 Å². The highest BCUT2D eigenvalue weighted by Crippen LogP contribution is 2.26. The van der Waals surface area contributed by atoms with Gasteiger partial charge in [0.25, 0.3) is 5.91 Å². The second kappa shape index (κ2) is 8.43. The number of nitrogens with zero attached hydrogens (tertiary/aromatic N) is 1. The molecule has 1 N–H and O–H groups in total. The lowest BCUT2D eigenvalue weighted by Gasteiger charge is -2.07. The van der Waals surface area contributed by atoms with Gasteiger partial charge in [-0.15, -0.1) is 0 Å². The number of fused-ring (bicyclic) bond motifs is 2. The van der Waals surface area contributed by atoms with Crippen molar-refractivity contribution in [1.29, 1.82) is 0 Å². The van der Waals surface area contributed by atoms with Crippen molar-refractivity contribution in [2.24, 2.45) is 0 Å². The molecule has 2 heterocycles. The van der Waals surface area contributed by atoms with Crippen molar-refractivity contribution in [3.63, 3.8) is 0 Å². The lowest BCUT2D eigenvalue weighted by Crippen LogP contribution is -2.11. The van der Waals surface area contributed by atoms with Gasteiger partial charge in [-0.05, 0) is 66.2 Å². The van der Waals surface area contributed by atoms with Crippen LogP contribution in [0.1, 0.15) is 10.4 Å². The van der Waals surface area contributed by atoms with Crippen molar-refractivity contribution in [3.8, 4) is 22.6 Å². The van der Waals surface area contributed by atoms with E-state index in [0.717, 1.165) is 22.0 Å². The van der Waals surface area contributed by atoms with E-state index in [4.69, 9.17) is 8.83 Å². The van der Waals surface area contributed by atoms with Crippen LogP contribution in [0.4, 0.5) is 5.69 Å². The van der Waals surface area contributed by atoms with Crippen molar-refractivity contribution < 1.29 is 13.6 Å². The maximum Gasteiger partial charge on any atom is 0.344 e. The van der Waals surface area contributed by atoms with Gasteiger partial charge < -0.3 is 14.2 Å². The topological polar surface area (TPSA) is 85.3 Å². The van der Waals surface area contributed by atoms with E-state index in [1.54, 1.807) is 48.5 Å². The smallest absolute Gasteiger partial charge is 0.344 e. The Hall–Kier alpha value is -4.97. The molecule has 2 aromatic heterocycles. The summed E-state index contributed by atoms with van der Waals surface area (Å²) in [6, 6.07) is 30.9. The fourth-order valence-corrected chi connectivity index (χ4v) is 3.96. The lowest BCUT2D eigenvalue weighted by atomic mass is 10.0. The van der Waals surface area contributed by atoms with E-state index in [0.29, 0.717) is 33.9 Å². The molecule has 6 aromatic rings.